The standard InChI is InChI=1S/C21H24ClN5O4S/c1-13-17-19(28)24-15(25-20(17)32-18(13)21(29)31-10-9-30-2)12-26-5-7-27(8-6-26)16-4-3-14(22)11-23-16/h3-4,11H,5-10,12H2,1-2H3,(H,24,25,28). The summed E-state index contributed by atoms with van der Waals surface area (Å²) >= 11 is 7.11. The summed E-state index contributed by atoms with van der Waals surface area (Å²) in [4.78, 5) is 42.3. The Balaban J connectivity index is 1.44. The van der Waals surface area contributed by atoms with E-state index in [-0.39, 0.29) is 12.2 Å². The number of aromatic amines is 1. The van der Waals surface area contributed by atoms with E-state index in [1.807, 2.05) is 12.1 Å². The van der Waals surface area contributed by atoms with Crippen LogP contribution in [0, 0.1) is 6.92 Å². The molecule has 0 atom stereocenters. The van der Waals surface area contributed by atoms with Crippen molar-refractivity contribution in [3.8, 4) is 0 Å². The number of hydrogen-bond acceptors (Lipinski definition) is 9. The van der Waals surface area contributed by atoms with E-state index >= 15 is 0 Å². The van der Waals surface area contributed by atoms with Gasteiger partial charge >= 0.3 is 5.97 Å². The number of nitrogens with zero attached hydrogens (tertiary/aromatic N) is 4. The van der Waals surface area contributed by atoms with Gasteiger partial charge in [0.2, 0.25) is 0 Å². The number of halogens is 1. The molecule has 0 unspecified atom stereocenters. The second-order valence-electron chi connectivity index (χ2n) is 7.48. The maximum Gasteiger partial charge on any atom is 0.348 e. The van der Waals surface area contributed by atoms with Crippen molar-refractivity contribution >= 4 is 44.9 Å². The summed E-state index contributed by atoms with van der Waals surface area (Å²) in [5.74, 6) is 1.03. The number of H-pyrrole nitrogens is 1. The van der Waals surface area contributed by atoms with Crippen molar-refractivity contribution in [1.82, 2.24) is 19.9 Å². The highest BCUT2D eigenvalue weighted by atomic mass is 35.5. The number of thiophene rings is 1. The van der Waals surface area contributed by atoms with Gasteiger partial charge in [-0.25, -0.2) is 14.8 Å². The number of esters is 1. The number of carbonyl (C=O) groups is 1. The van der Waals surface area contributed by atoms with Gasteiger partial charge in [-0.2, -0.15) is 0 Å². The van der Waals surface area contributed by atoms with Crippen molar-refractivity contribution < 1.29 is 14.3 Å². The Morgan fingerprint density at radius 3 is 2.72 bits per heavy atom. The molecule has 4 rings (SSSR count). The lowest BCUT2D eigenvalue weighted by Gasteiger charge is -2.35. The highest BCUT2D eigenvalue weighted by Crippen LogP contribution is 2.28. The normalized spacial score (nSPS) is 14.8. The zero-order chi connectivity index (χ0) is 22.7. The highest BCUT2D eigenvalue weighted by Gasteiger charge is 2.22. The molecule has 0 bridgehead atoms. The Hall–Kier alpha value is -2.53. The Labute approximate surface area is 193 Å². The summed E-state index contributed by atoms with van der Waals surface area (Å²) < 4.78 is 10.1. The fourth-order valence-corrected chi connectivity index (χ4v) is 4.85. The number of hydrogen-bond donors (Lipinski definition) is 1. The first-order chi connectivity index (χ1) is 15.5. The Morgan fingerprint density at radius 1 is 1.25 bits per heavy atom. The maximum atomic E-state index is 12.7. The quantitative estimate of drug-likeness (QED) is 0.409. The van der Waals surface area contributed by atoms with Gasteiger partial charge in [-0.05, 0) is 24.6 Å². The number of ether oxygens (including phenoxy) is 2. The third kappa shape index (κ3) is 4.93. The van der Waals surface area contributed by atoms with Crippen molar-refractivity contribution in [2.75, 3.05) is 51.4 Å². The molecule has 0 spiro atoms. The molecule has 0 aliphatic carbocycles. The lowest BCUT2D eigenvalue weighted by Crippen LogP contribution is -2.46. The lowest BCUT2D eigenvalue weighted by molar-refractivity contribution is 0.0393. The van der Waals surface area contributed by atoms with Crippen LogP contribution < -0.4 is 10.5 Å². The molecule has 0 amide bonds. The number of anilines is 1. The first-order valence-electron chi connectivity index (χ1n) is 10.2. The van der Waals surface area contributed by atoms with Gasteiger partial charge in [-0.1, -0.05) is 11.6 Å². The van der Waals surface area contributed by atoms with Crippen molar-refractivity contribution in [3.05, 3.63) is 50.0 Å². The lowest BCUT2D eigenvalue weighted by atomic mass is 10.2. The minimum atomic E-state index is -0.463. The van der Waals surface area contributed by atoms with Gasteiger partial charge in [0.05, 0.1) is 23.6 Å². The Kier molecular flexibility index (Phi) is 7.04. The average molecular weight is 478 g/mol. The molecule has 4 heterocycles. The predicted molar refractivity (Wildman–Crippen MR) is 124 cm³/mol. The number of carbonyl (C=O) groups excluding carboxylic acids is 1. The molecule has 9 nitrogen and oxygen atoms in total. The maximum absolute atomic E-state index is 12.7. The SMILES string of the molecule is COCCOC(=O)c1sc2nc(CN3CCN(c4ccc(Cl)cn4)CC3)[nH]c(=O)c2c1C. The molecule has 1 aliphatic heterocycles. The number of pyridine rings is 1. The van der Waals surface area contributed by atoms with Crippen LogP contribution in [0.2, 0.25) is 5.02 Å². The van der Waals surface area contributed by atoms with Crippen molar-refractivity contribution in [3.63, 3.8) is 0 Å². The van der Waals surface area contributed by atoms with Gasteiger partial charge in [0.25, 0.3) is 5.56 Å². The molecule has 3 aromatic heterocycles. The molecule has 1 N–H and O–H groups in total. The summed E-state index contributed by atoms with van der Waals surface area (Å²) in [5, 5.41) is 1.06. The van der Waals surface area contributed by atoms with Crippen LogP contribution in [0.25, 0.3) is 10.2 Å². The van der Waals surface area contributed by atoms with Gasteiger partial charge in [-0.15, -0.1) is 11.3 Å². The highest BCUT2D eigenvalue weighted by molar-refractivity contribution is 7.20. The number of rotatable bonds is 7. The molecule has 1 fully saturated rings. The van der Waals surface area contributed by atoms with E-state index in [0.717, 1.165) is 32.0 Å². The number of fused-ring (bicyclic) bond motifs is 1. The monoisotopic (exact) mass is 477 g/mol. The number of aryl methyl sites for hydroxylation is 1. The molecule has 11 heteroatoms. The van der Waals surface area contributed by atoms with Crippen molar-refractivity contribution in [2.45, 2.75) is 13.5 Å². The summed E-state index contributed by atoms with van der Waals surface area (Å²) in [6.45, 7) is 6.01. The largest absolute Gasteiger partial charge is 0.459 e. The third-order valence-electron chi connectivity index (χ3n) is 5.34. The minimum absolute atomic E-state index is 0.162. The fourth-order valence-electron chi connectivity index (χ4n) is 3.64. The van der Waals surface area contributed by atoms with Crippen LogP contribution in [0.3, 0.4) is 0 Å². The number of piperazine rings is 1. The molecule has 1 aliphatic rings. The van der Waals surface area contributed by atoms with Crippen LogP contribution in [-0.2, 0) is 16.0 Å². The molecule has 0 saturated carbocycles. The molecular weight excluding hydrogens is 454 g/mol. The molecule has 0 aromatic carbocycles. The van der Waals surface area contributed by atoms with Gasteiger partial charge in [0.15, 0.2) is 0 Å². The molecule has 3 aromatic rings. The first-order valence-corrected chi connectivity index (χ1v) is 11.4. The molecule has 170 valence electrons. The van der Waals surface area contributed by atoms with E-state index in [9.17, 15) is 9.59 Å². The Bertz CT molecular complexity index is 1160. The number of nitrogens with one attached hydrogen (secondary N) is 1. The second-order valence-corrected chi connectivity index (χ2v) is 8.91. The van der Waals surface area contributed by atoms with Crippen LogP contribution in [0.4, 0.5) is 5.82 Å². The van der Waals surface area contributed by atoms with Gasteiger partial charge < -0.3 is 19.4 Å². The van der Waals surface area contributed by atoms with Gasteiger partial charge in [0, 0.05) is 39.5 Å². The zero-order valence-corrected chi connectivity index (χ0v) is 19.5. The number of methoxy groups -OCH3 is 1. The smallest absolute Gasteiger partial charge is 0.348 e. The van der Waals surface area contributed by atoms with E-state index in [2.05, 4.69) is 24.8 Å². The van der Waals surface area contributed by atoms with Crippen LogP contribution in [0.1, 0.15) is 21.1 Å². The van der Waals surface area contributed by atoms with Crippen LogP contribution in [0.15, 0.2) is 23.1 Å². The molecule has 32 heavy (non-hydrogen) atoms. The predicted octanol–water partition coefficient (Wildman–Crippen LogP) is 2.47. The summed E-state index contributed by atoms with van der Waals surface area (Å²) in [7, 11) is 1.54. The minimum Gasteiger partial charge on any atom is -0.459 e. The zero-order valence-electron chi connectivity index (χ0n) is 17.9. The van der Waals surface area contributed by atoms with E-state index < -0.39 is 5.97 Å². The average Bonchev–Trinajstić information content (AvgIpc) is 3.12. The van der Waals surface area contributed by atoms with Crippen LogP contribution in [-0.4, -0.2) is 72.3 Å². The van der Waals surface area contributed by atoms with E-state index in [0.29, 0.717) is 44.7 Å². The van der Waals surface area contributed by atoms with Crippen LogP contribution in [0.5, 0.6) is 0 Å². The van der Waals surface area contributed by atoms with E-state index in [1.54, 1.807) is 13.1 Å². The molecular formula is C21H24ClN5O4S. The van der Waals surface area contributed by atoms with E-state index in [4.69, 9.17) is 21.1 Å². The summed E-state index contributed by atoms with van der Waals surface area (Å²) in [6, 6.07) is 3.76. The summed E-state index contributed by atoms with van der Waals surface area (Å²) in [5.41, 5.74) is 0.357. The molecule has 1 saturated heterocycles. The first kappa shape index (κ1) is 22.7. The Morgan fingerprint density at radius 2 is 2.03 bits per heavy atom. The van der Waals surface area contributed by atoms with Crippen molar-refractivity contribution in [1.29, 1.82) is 0 Å². The topological polar surface area (TPSA) is 101 Å². The summed E-state index contributed by atoms with van der Waals surface area (Å²) in [6.07, 6.45) is 1.65. The number of aromatic nitrogens is 3. The third-order valence-corrected chi connectivity index (χ3v) is 6.73. The van der Waals surface area contributed by atoms with Gasteiger partial charge in [0.1, 0.15) is 28.0 Å². The molecule has 0 radical (unpaired) electrons. The van der Waals surface area contributed by atoms with Crippen LogP contribution >= 0.6 is 22.9 Å². The van der Waals surface area contributed by atoms with E-state index in [1.165, 1.54) is 18.4 Å². The van der Waals surface area contributed by atoms with Crippen molar-refractivity contribution in [2.24, 2.45) is 0 Å². The fraction of sp³-hybridized carbons (Fsp3) is 0.429. The van der Waals surface area contributed by atoms with Gasteiger partial charge in [-0.3, -0.25) is 9.69 Å². The second kappa shape index (κ2) is 9.95.